The molecule has 0 saturated heterocycles. The summed E-state index contributed by atoms with van der Waals surface area (Å²) < 4.78 is 5.37. The molecule has 1 aromatic heterocycles. The molecule has 0 atom stereocenters. The summed E-state index contributed by atoms with van der Waals surface area (Å²) >= 11 is 0. The maximum absolute atomic E-state index is 10.8. The van der Waals surface area contributed by atoms with Crippen molar-refractivity contribution in [2.45, 2.75) is 0 Å². The number of hydrogen-bond acceptors (Lipinski definition) is 5. The molecule has 2 rings (SSSR count). The second kappa shape index (κ2) is 4.93. The molecule has 0 radical (unpaired) electrons. The van der Waals surface area contributed by atoms with E-state index < -0.39 is 4.92 Å². The first-order valence-corrected chi connectivity index (χ1v) is 4.99. The molecule has 0 aliphatic rings. The first-order valence-electron chi connectivity index (χ1n) is 4.99. The summed E-state index contributed by atoms with van der Waals surface area (Å²) in [5.41, 5.74) is -0.0825. The maximum atomic E-state index is 10.8. The molecular weight excluding hydrogens is 234 g/mol. The van der Waals surface area contributed by atoms with E-state index in [-0.39, 0.29) is 22.9 Å². The Labute approximate surface area is 102 Å². The summed E-state index contributed by atoms with van der Waals surface area (Å²) in [6.07, 6.45) is 1.45. The largest absolute Gasteiger partial charge is 0.447 e. The lowest BCUT2D eigenvalue weighted by molar-refractivity contribution is -0.385. The van der Waals surface area contributed by atoms with E-state index >= 15 is 0 Å². The number of aromatic nitrogens is 1. The van der Waals surface area contributed by atoms with Crippen molar-refractivity contribution in [2.24, 2.45) is 0 Å². The molecule has 2 aromatic rings. The van der Waals surface area contributed by atoms with Crippen LogP contribution in [0.4, 0.5) is 5.69 Å². The molecule has 0 N–H and O–H groups in total. The van der Waals surface area contributed by atoms with E-state index in [1.807, 2.05) is 6.07 Å². The molecule has 0 fully saturated rings. The van der Waals surface area contributed by atoms with Crippen LogP contribution in [0.2, 0.25) is 0 Å². The first kappa shape index (κ1) is 11.5. The van der Waals surface area contributed by atoms with E-state index in [9.17, 15) is 10.1 Å². The molecule has 18 heavy (non-hydrogen) atoms. The van der Waals surface area contributed by atoms with Crippen LogP contribution in [0.25, 0.3) is 0 Å². The van der Waals surface area contributed by atoms with Crippen molar-refractivity contribution in [1.29, 1.82) is 5.26 Å². The molecule has 0 aliphatic heterocycles. The topological polar surface area (TPSA) is 89.0 Å². The number of pyridine rings is 1. The quantitative estimate of drug-likeness (QED) is 0.608. The van der Waals surface area contributed by atoms with Crippen LogP contribution < -0.4 is 4.74 Å². The zero-order chi connectivity index (χ0) is 13.0. The highest BCUT2D eigenvalue weighted by molar-refractivity contribution is 5.49. The van der Waals surface area contributed by atoms with E-state index in [2.05, 4.69) is 4.98 Å². The minimum absolute atomic E-state index is 0.0759. The Morgan fingerprint density at radius 2 is 1.94 bits per heavy atom. The molecular formula is C12H7N3O3. The lowest BCUT2D eigenvalue weighted by Gasteiger charge is -2.06. The van der Waals surface area contributed by atoms with E-state index in [0.29, 0.717) is 0 Å². The Morgan fingerprint density at radius 1 is 1.22 bits per heavy atom. The molecule has 1 aromatic carbocycles. The van der Waals surface area contributed by atoms with Crippen molar-refractivity contribution in [3.8, 4) is 17.6 Å². The van der Waals surface area contributed by atoms with Crippen LogP contribution in [0.5, 0.6) is 11.5 Å². The second-order valence-corrected chi connectivity index (χ2v) is 3.29. The molecule has 0 spiro atoms. The zero-order valence-corrected chi connectivity index (χ0v) is 9.11. The van der Waals surface area contributed by atoms with E-state index in [0.717, 1.165) is 0 Å². The first-order chi connectivity index (χ1) is 8.72. The third-order valence-corrected chi connectivity index (χ3v) is 2.16. The lowest BCUT2D eigenvalue weighted by atomic mass is 10.3. The summed E-state index contributed by atoms with van der Waals surface area (Å²) in [5, 5.41) is 19.7. The van der Waals surface area contributed by atoms with Gasteiger partial charge in [0.15, 0.2) is 11.4 Å². The normalized spacial score (nSPS) is 9.50. The summed E-state index contributed by atoms with van der Waals surface area (Å²) in [5.74, 6) is 0.265. The fourth-order valence-electron chi connectivity index (χ4n) is 1.37. The highest BCUT2D eigenvalue weighted by Crippen LogP contribution is 2.31. The number of ether oxygens (including phenoxy) is 1. The SMILES string of the molecule is N#Cc1ncccc1Oc1ccccc1[N+](=O)[O-]. The average Bonchev–Trinajstić information content (AvgIpc) is 2.40. The van der Waals surface area contributed by atoms with Crippen molar-refractivity contribution in [3.63, 3.8) is 0 Å². The monoisotopic (exact) mass is 241 g/mol. The van der Waals surface area contributed by atoms with E-state index in [1.165, 1.54) is 24.4 Å². The van der Waals surface area contributed by atoms with Crippen LogP contribution in [0.15, 0.2) is 42.6 Å². The Balaban J connectivity index is 2.41. The van der Waals surface area contributed by atoms with Gasteiger partial charge in [0, 0.05) is 12.3 Å². The number of nitro groups is 1. The second-order valence-electron chi connectivity index (χ2n) is 3.29. The molecule has 0 aliphatic carbocycles. The molecule has 6 heteroatoms. The minimum atomic E-state index is -0.544. The number of para-hydroxylation sites is 2. The smallest absolute Gasteiger partial charge is 0.311 e. The average molecular weight is 241 g/mol. The van der Waals surface area contributed by atoms with Gasteiger partial charge in [-0.2, -0.15) is 5.26 Å². The van der Waals surface area contributed by atoms with Crippen LogP contribution in [-0.2, 0) is 0 Å². The molecule has 6 nitrogen and oxygen atoms in total. The van der Waals surface area contributed by atoms with Gasteiger partial charge in [0.25, 0.3) is 0 Å². The Hall–Kier alpha value is -2.94. The molecule has 88 valence electrons. The third kappa shape index (κ3) is 2.25. The van der Waals surface area contributed by atoms with Crippen molar-refractivity contribution in [1.82, 2.24) is 4.98 Å². The standard InChI is InChI=1S/C12H7N3O3/c13-8-9-11(6-3-7-14-9)18-12-5-2-1-4-10(12)15(16)17/h1-7H. The van der Waals surface area contributed by atoms with Gasteiger partial charge in [0.2, 0.25) is 5.75 Å². The highest BCUT2D eigenvalue weighted by Gasteiger charge is 2.15. The fourth-order valence-corrected chi connectivity index (χ4v) is 1.37. The molecule has 0 bridgehead atoms. The third-order valence-electron chi connectivity index (χ3n) is 2.16. The minimum Gasteiger partial charge on any atom is -0.447 e. The summed E-state index contributed by atoms with van der Waals surface area (Å²) in [6.45, 7) is 0. The van der Waals surface area contributed by atoms with Gasteiger partial charge in [-0.15, -0.1) is 0 Å². The van der Waals surface area contributed by atoms with E-state index in [4.69, 9.17) is 10.00 Å². The van der Waals surface area contributed by atoms with Crippen LogP contribution in [0.3, 0.4) is 0 Å². The Kier molecular flexibility index (Phi) is 3.16. The highest BCUT2D eigenvalue weighted by atomic mass is 16.6. The van der Waals surface area contributed by atoms with Crippen LogP contribution >= 0.6 is 0 Å². The van der Waals surface area contributed by atoms with Crippen molar-refractivity contribution in [2.75, 3.05) is 0 Å². The van der Waals surface area contributed by atoms with Gasteiger partial charge in [-0.25, -0.2) is 4.98 Å². The molecule has 0 saturated carbocycles. The van der Waals surface area contributed by atoms with Gasteiger partial charge in [0.05, 0.1) is 4.92 Å². The van der Waals surface area contributed by atoms with Crippen molar-refractivity contribution >= 4 is 5.69 Å². The van der Waals surface area contributed by atoms with Gasteiger partial charge < -0.3 is 4.74 Å². The maximum Gasteiger partial charge on any atom is 0.311 e. The fraction of sp³-hybridized carbons (Fsp3) is 0. The van der Waals surface area contributed by atoms with E-state index in [1.54, 1.807) is 18.2 Å². The number of hydrogen-bond donors (Lipinski definition) is 0. The predicted molar refractivity (Wildman–Crippen MR) is 62.1 cm³/mol. The lowest BCUT2D eigenvalue weighted by Crippen LogP contribution is -1.95. The Morgan fingerprint density at radius 3 is 2.67 bits per heavy atom. The number of rotatable bonds is 3. The van der Waals surface area contributed by atoms with Gasteiger partial charge in [0.1, 0.15) is 6.07 Å². The van der Waals surface area contributed by atoms with Crippen molar-refractivity contribution < 1.29 is 9.66 Å². The predicted octanol–water partition coefficient (Wildman–Crippen LogP) is 2.65. The summed E-state index contributed by atoms with van der Waals surface area (Å²) in [7, 11) is 0. The number of nitro benzene ring substituents is 1. The molecule has 0 amide bonds. The molecule has 0 unspecified atom stereocenters. The number of nitrogens with zero attached hydrogens (tertiary/aromatic N) is 3. The number of benzene rings is 1. The Bertz CT molecular complexity index is 634. The van der Waals surface area contributed by atoms with Gasteiger partial charge >= 0.3 is 5.69 Å². The molecule has 1 heterocycles. The van der Waals surface area contributed by atoms with Crippen LogP contribution in [-0.4, -0.2) is 9.91 Å². The number of nitriles is 1. The van der Waals surface area contributed by atoms with Crippen LogP contribution in [0, 0.1) is 21.4 Å². The zero-order valence-electron chi connectivity index (χ0n) is 9.11. The van der Waals surface area contributed by atoms with Crippen molar-refractivity contribution in [3.05, 3.63) is 58.4 Å². The van der Waals surface area contributed by atoms with Gasteiger partial charge in [-0.3, -0.25) is 10.1 Å². The van der Waals surface area contributed by atoms with Crippen LogP contribution in [0.1, 0.15) is 5.69 Å². The summed E-state index contributed by atoms with van der Waals surface area (Å²) in [4.78, 5) is 14.1. The van der Waals surface area contributed by atoms with Gasteiger partial charge in [-0.05, 0) is 18.2 Å². The van der Waals surface area contributed by atoms with Gasteiger partial charge in [-0.1, -0.05) is 12.1 Å². The summed E-state index contributed by atoms with van der Waals surface area (Å²) in [6, 6.07) is 10.9.